The molecular formula is C20H22N2O2. The van der Waals surface area contributed by atoms with Gasteiger partial charge < -0.3 is 10.2 Å². The molecule has 1 aliphatic carbocycles. The van der Waals surface area contributed by atoms with Crippen LogP contribution in [0.25, 0.3) is 0 Å². The first-order valence-electron chi connectivity index (χ1n) is 8.32. The van der Waals surface area contributed by atoms with Crippen LogP contribution in [0.15, 0.2) is 54.6 Å². The lowest BCUT2D eigenvalue weighted by Gasteiger charge is -2.26. The van der Waals surface area contributed by atoms with Crippen LogP contribution in [0, 0.1) is 12.3 Å². The standard InChI is InChI=1S/C20H22N2O2/c1-3-22(17-10-5-4-6-11-17)19(24)20(12-13-20)18(23)21-16-9-7-8-15(2)14-16/h4-11,14H,3,12-13H2,1-2H3,(H,21,23). The molecule has 0 aromatic heterocycles. The summed E-state index contributed by atoms with van der Waals surface area (Å²) < 4.78 is 0. The Balaban J connectivity index is 1.79. The molecular weight excluding hydrogens is 300 g/mol. The van der Waals surface area contributed by atoms with E-state index in [4.69, 9.17) is 0 Å². The van der Waals surface area contributed by atoms with E-state index in [1.165, 1.54) is 0 Å². The minimum Gasteiger partial charge on any atom is -0.325 e. The Kier molecular flexibility index (Phi) is 4.38. The number of aryl methyl sites for hydroxylation is 1. The van der Waals surface area contributed by atoms with Gasteiger partial charge in [-0.3, -0.25) is 9.59 Å². The highest BCUT2D eigenvalue weighted by molar-refractivity contribution is 6.17. The summed E-state index contributed by atoms with van der Waals surface area (Å²) in [4.78, 5) is 27.5. The van der Waals surface area contributed by atoms with E-state index in [1.54, 1.807) is 4.90 Å². The summed E-state index contributed by atoms with van der Waals surface area (Å²) in [5, 5.41) is 2.91. The zero-order valence-electron chi connectivity index (χ0n) is 14.1. The Hall–Kier alpha value is -2.62. The Morgan fingerprint density at radius 2 is 1.79 bits per heavy atom. The molecule has 0 radical (unpaired) electrons. The first-order chi connectivity index (χ1) is 11.6. The van der Waals surface area contributed by atoms with Crippen molar-refractivity contribution in [1.29, 1.82) is 0 Å². The molecule has 124 valence electrons. The number of para-hydroxylation sites is 1. The summed E-state index contributed by atoms with van der Waals surface area (Å²) in [6, 6.07) is 17.1. The Morgan fingerprint density at radius 3 is 2.38 bits per heavy atom. The van der Waals surface area contributed by atoms with Crippen molar-refractivity contribution in [3.63, 3.8) is 0 Å². The lowest BCUT2D eigenvalue weighted by molar-refractivity contribution is -0.132. The fraction of sp³-hybridized carbons (Fsp3) is 0.300. The Morgan fingerprint density at radius 1 is 1.08 bits per heavy atom. The van der Waals surface area contributed by atoms with Gasteiger partial charge in [0.25, 0.3) is 0 Å². The van der Waals surface area contributed by atoms with Crippen LogP contribution in [0.4, 0.5) is 11.4 Å². The second kappa shape index (κ2) is 6.48. The van der Waals surface area contributed by atoms with E-state index in [0.717, 1.165) is 16.9 Å². The number of carbonyl (C=O) groups excluding carboxylic acids is 2. The zero-order chi connectivity index (χ0) is 17.2. The summed E-state index contributed by atoms with van der Waals surface area (Å²) in [7, 11) is 0. The van der Waals surface area contributed by atoms with Gasteiger partial charge in [-0.15, -0.1) is 0 Å². The van der Waals surface area contributed by atoms with Crippen molar-refractivity contribution in [1.82, 2.24) is 0 Å². The number of hydrogen-bond acceptors (Lipinski definition) is 2. The first kappa shape index (κ1) is 16.2. The molecule has 0 spiro atoms. The minimum atomic E-state index is -0.921. The second-order valence-electron chi connectivity index (χ2n) is 6.29. The van der Waals surface area contributed by atoms with E-state index in [0.29, 0.717) is 19.4 Å². The third-order valence-electron chi connectivity index (χ3n) is 4.50. The molecule has 2 aromatic carbocycles. The van der Waals surface area contributed by atoms with E-state index in [9.17, 15) is 9.59 Å². The largest absolute Gasteiger partial charge is 0.325 e. The fourth-order valence-corrected chi connectivity index (χ4v) is 2.95. The molecule has 1 fully saturated rings. The summed E-state index contributed by atoms with van der Waals surface area (Å²) in [6.45, 7) is 4.45. The predicted molar refractivity (Wildman–Crippen MR) is 95.9 cm³/mol. The Bertz CT molecular complexity index is 751. The van der Waals surface area contributed by atoms with Gasteiger partial charge in [-0.2, -0.15) is 0 Å². The lowest BCUT2D eigenvalue weighted by atomic mass is 10.0. The maximum Gasteiger partial charge on any atom is 0.242 e. The van der Waals surface area contributed by atoms with Crippen LogP contribution >= 0.6 is 0 Å². The summed E-state index contributed by atoms with van der Waals surface area (Å²) in [6.07, 6.45) is 1.21. The van der Waals surface area contributed by atoms with Crippen molar-refractivity contribution in [3.05, 3.63) is 60.2 Å². The maximum atomic E-state index is 13.0. The summed E-state index contributed by atoms with van der Waals surface area (Å²) in [5.41, 5.74) is 1.72. The van der Waals surface area contributed by atoms with Crippen molar-refractivity contribution in [2.45, 2.75) is 26.7 Å². The van der Waals surface area contributed by atoms with Gasteiger partial charge in [0, 0.05) is 17.9 Å². The van der Waals surface area contributed by atoms with Gasteiger partial charge in [0.05, 0.1) is 0 Å². The molecule has 1 N–H and O–H groups in total. The molecule has 4 nitrogen and oxygen atoms in total. The molecule has 0 atom stereocenters. The van der Waals surface area contributed by atoms with E-state index >= 15 is 0 Å². The van der Waals surface area contributed by atoms with Gasteiger partial charge in [0.2, 0.25) is 11.8 Å². The summed E-state index contributed by atoms with van der Waals surface area (Å²) >= 11 is 0. The number of benzene rings is 2. The molecule has 0 aliphatic heterocycles. The average molecular weight is 322 g/mol. The second-order valence-corrected chi connectivity index (χ2v) is 6.29. The number of hydrogen-bond donors (Lipinski definition) is 1. The van der Waals surface area contributed by atoms with Crippen molar-refractivity contribution < 1.29 is 9.59 Å². The van der Waals surface area contributed by atoms with E-state index < -0.39 is 5.41 Å². The molecule has 2 amide bonds. The van der Waals surface area contributed by atoms with Crippen molar-refractivity contribution >= 4 is 23.2 Å². The highest BCUT2D eigenvalue weighted by Gasteiger charge is 2.58. The van der Waals surface area contributed by atoms with Crippen LogP contribution in [-0.2, 0) is 9.59 Å². The SMILES string of the molecule is CCN(C(=O)C1(C(=O)Nc2cccc(C)c2)CC1)c1ccccc1. The molecule has 24 heavy (non-hydrogen) atoms. The minimum absolute atomic E-state index is 0.110. The normalized spacial score (nSPS) is 14.8. The van der Waals surface area contributed by atoms with Gasteiger partial charge in [0.15, 0.2) is 0 Å². The third kappa shape index (κ3) is 3.04. The van der Waals surface area contributed by atoms with Crippen LogP contribution in [0.3, 0.4) is 0 Å². The van der Waals surface area contributed by atoms with Gasteiger partial charge in [-0.25, -0.2) is 0 Å². The first-order valence-corrected chi connectivity index (χ1v) is 8.32. The van der Waals surface area contributed by atoms with Crippen molar-refractivity contribution in [2.75, 3.05) is 16.8 Å². The number of nitrogens with one attached hydrogen (secondary N) is 1. The lowest BCUT2D eigenvalue weighted by Crippen LogP contribution is -2.43. The highest BCUT2D eigenvalue weighted by atomic mass is 16.2. The highest BCUT2D eigenvalue weighted by Crippen LogP contribution is 2.48. The van der Waals surface area contributed by atoms with Crippen LogP contribution in [0.5, 0.6) is 0 Å². The molecule has 4 heteroatoms. The van der Waals surface area contributed by atoms with E-state index in [-0.39, 0.29) is 11.8 Å². The molecule has 1 saturated carbocycles. The summed E-state index contributed by atoms with van der Waals surface area (Å²) in [5.74, 6) is -0.311. The molecule has 0 unspecified atom stereocenters. The molecule has 0 saturated heterocycles. The smallest absolute Gasteiger partial charge is 0.242 e. The molecule has 3 rings (SSSR count). The van der Waals surface area contributed by atoms with Crippen molar-refractivity contribution in [3.8, 4) is 0 Å². The number of carbonyl (C=O) groups is 2. The number of amides is 2. The number of rotatable bonds is 5. The maximum absolute atomic E-state index is 13.0. The number of nitrogens with zero attached hydrogens (tertiary/aromatic N) is 1. The average Bonchev–Trinajstić information content (AvgIpc) is 3.38. The Labute approximate surface area is 142 Å². The third-order valence-corrected chi connectivity index (χ3v) is 4.50. The van der Waals surface area contributed by atoms with E-state index in [1.807, 2.05) is 68.4 Å². The number of anilines is 2. The molecule has 1 aliphatic rings. The van der Waals surface area contributed by atoms with Crippen LogP contribution < -0.4 is 10.2 Å². The zero-order valence-corrected chi connectivity index (χ0v) is 14.1. The van der Waals surface area contributed by atoms with Gasteiger partial charge in [0.1, 0.15) is 5.41 Å². The molecule has 0 bridgehead atoms. The van der Waals surface area contributed by atoms with Crippen molar-refractivity contribution in [2.24, 2.45) is 5.41 Å². The van der Waals surface area contributed by atoms with Gasteiger partial charge in [-0.1, -0.05) is 30.3 Å². The predicted octanol–water partition coefficient (Wildman–Crippen LogP) is 3.77. The van der Waals surface area contributed by atoms with Crippen LogP contribution in [-0.4, -0.2) is 18.4 Å². The topological polar surface area (TPSA) is 49.4 Å². The fourth-order valence-electron chi connectivity index (χ4n) is 2.95. The van der Waals surface area contributed by atoms with Crippen LogP contribution in [0.1, 0.15) is 25.3 Å². The van der Waals surface area contributed by atoms with Gasteiger partial charge in [-0.05, 0) is 56.5 Å². The quantitative estimate of drug-likeness (QED) is 0.852. The van der Waals surface area contributed by atoms with Crippen LogP contribution in [0.2, 0.25) is 0 Å². The van der Waals surface area contributed by atoms with Gasteiger partial charge >= 0.3 is 0 Å². The molecule has 0 heterocycles. The molecule has 2 aromatic rings. The van der Waals surface area contributed by atoms with E-state index in [2.05, 4.69) is 5.32 Å². The monoisotopic (exact) mass is 322 g/mol.